The number of hydrogen-bond acceptors (Lipinski definition) is 4. The van der Waals surface area contributed by atoms with E-state index in [1.165, 1.54) is 0 Å². The minimum absolute atomic E-state index is 0.378. The predicted molar refractivity (Wildman–Crippen MR) is 60.9 cm³/mol. The van der Waals surface area contributed by atoms with E-state index in [4.69, 9.17) is 11.6 Å². The number of thioether (sulfide) groups is 1. The summed E-state index contributed by atoms with van der Waals surface area (Å²) in [6, 6.07) is 0. The quantitative estimate of drug-likeness (QED) is 0.339. The molecular weight excluding hydrogens is 369 g/mol. The van der Waals surface area contributed by atoms with Crippen molar-refractivity contribution in [2.75, 3.05) is 0 Å². The van der Waals surface area contributed by atoms with Crippen molar-refractivity contribution < 1.29 is 30.7 Å². The van der Waals surface area contributed by atoms with Crippen molar-refractivity contribution in [3.8, 4) is 0 Å². The molecule has 0 atom stereocenters. The lowest BCUT2D eigenvalue weighted by Crippen LogP contribution is -2.18. The Bertz CT molecular complexity index is 677. The molecule has 2 nitrogen and oxygen atoms in total. The maximum Gasteiger partial charge on any atom is 0.331 e. The molecule has 0 N–H and O–H groups in total. The smallest absolute Gasteiger partial charge is 0.203 e. The van der Waals surface area contributed by atoms with Crippen LogP contribution in [0.3, 0.4) is 0 Å². The van der Waals surface area contributed by atoms with Crippen LogP contribution in [0.1, 0.15) is 5.56 Å². The molecule has 0 aliphatic rings. The average molecular weight is 369 g/mol. The molecule has 0 amide bonds. The molecule has 1 aromatic heterocycles. The molecular formula is C9ClF7N2S2. The predicted octanol–water partition coefficient (Wildman–Crippen LogP) is 4.73. The van der Waals surface area contributed by atoms with Gasteiger partial charge in [-0.1, -0.05) is 0 Å². The molecule has 2 rings (SSSR count). The van der Waals surface area contributed by atoms with Gasteiger partial charge in [-0.3, -0.25) is 0 Å². The first-order valence-electron chi connectivity index (χ1n) is 4.73. The Labute approximate surface area is 125 Å². The van der Waals surface area contributed by atoms with Crippen LogP contribution in [0, 0.1) is 29.1 Å². The van der Waals surface area contributed by atoms with Gasteiger partial charge in [0.1, 0.15) is 5.56 Å². The zero-order valence-electron chi connectivity index (χ0n) is 9.23. The van der Waals surface area contributed by atoms with Gasteiger partial charge in [-0.25, -0.2) is 22.0 Å². The summed E-state index contributed by atoms with van der Waals surface area (Å²) in [4.78, 5) is 3.29. The third kappa shape index (κ3) is 2.94. The number of hydrogen-bond donors (Lipinski definition) is 0. The van der Waals surface area contributed by atoms with Gasteiger partial charge in [-0.2, -0.15) is 18.1 Å². The molecule has 0 saturated carbocycles. The van der Waals surface area contributed by atoms with E-state index in [2.05, 4.69) is 9.36 Å². The van der Waals surface area contributed by atoms with Crippen molar-refractivity contribution >= 4 is 34.9 Å². The molecule has 0 spiro atoms. The molecule has 1 aromatic carbocycles. The molecule has 114 valence electrons. The Morgan fingerprint density at radius 3 is 1.81 bits per heavy atom. The number of benzene rings is 1. The second kappa shape index (κ2) is 5.61. The molecule has 0 aliphatic carbocycles. The molecule has 1 heterocycles. The summed E-state index contributed by atoms with van der Waals surface area (Å²) in [6.07, 6.45) is 0. The van der Waals surface area contributed by atoms with E-state index in [0.29, 0.717) is 11.5 Å². The third-order valence-corrected chi connectivity index (χ3v) is 4.08. The molecule has 2 aromatic rings. The SMILES string of the molecule is Fc1c(F)c(F)c(C(F)(F)Sc2nc(Cl)ns2)c(F)c1F. The summed E-state index contributed by atoms with van der Waals surface area (Å²) in [7, 11) is 0. The number of alkyl halides is 2. The normalized spacial score (nSPS) is 12.0. The van der Waals surface area contributed by atoms with Crippen LogP contribution >= 0.6 is 34.9 Å². The van der Waals surface area contributed by atoms with Crippen LogP contribution in [-0.2, 0) is 5.25 Å². The van der Waals surface area contributed by atoms with Crippen LogP contribution in [0.25, 0.3) is 0 Å². The fourth-order valence-corrected chi connectivity index (χ4v) is 3.07. The summed E-state index contributed by atoms with van der Waals surface area (Å²) in [5.74, 6) is -12.7. The van der Waals surface area contributed by atoms with E-state index in [0.717, 1.165) is 0 Å². The minimum Gasteiger partial charge on any atom is -0.203 e. The van der Waals surface area contributed by atoms with Gasteiger partial charge >= 0.3 is 5.25 Å². The first-order chi connectivity index (χ1) is 9.65. The fraction of sp³-hybridized carbons (Fsp3) is 0.111. The Balaban J connectivity index is 2.54. The molecule has 0 saturated heterocycles. The van der Waals surface area contributed by atoms with Crippen LogP contribution in [0.5, 0.6) is 0 Å². The van der Waals surface area contributed by atoms with Crippen molar-refractivity contribution in [2.45, 2.75) is 9.59 Å². The molecule has 0 fully saturated rings. The van der Waals surface area contributed by atoms with Crippen molar-refractivity contribution in [1.82, 2.24) is 9.36 Å². The molecule has 0 aliphatic heterocycles. The van der Waals surface area contributed by atoms with Gasteiger partial charge in [-0.05, 0) is 34.9 Å². The first-order valence-corrected chi connectivity index (χ1v) is 6.70. The van der Waals surface area contributed by atoms with Crippen LogP contribution in [0.15, 0.2) is 4.34 Å². The highest BCUT2D eigenvalue weighted by Gasteiger charge is 2.44. The van der Waals surface area contributed by atoms with E-state index in [9.17, 15) is 30.7 Å². The second-order valence-corrected chi connectivity index (χ2v) is 5.84. The number of nitrogens with zero attached hydrogens (tertiary/aromatic N) is 2. The van der Waals surface area contributed by atoms with E-state index in [1.807, 2.05) is 0 Å². The van der Waals surface area contributed by atoms with Crippen molar-refractivity contribution in [3.63, 3.8) is 0 Å². The second-order valence-electron chi connectivity index (χ2n) is 3.39. The zero-order valence-corrected chi connectivity index (χ0v) is 11.6. The number of aromatic nitrogens is 2. The van der Waals surface area contributed by atoms with Crippen molar-refractivity contribution in [2.24, 2.45) is 0 Å². The molecule has 0 radical (unpaired) electrons. The summed E-state index contributed by atoms with van der Waals surface area (Å²) in [6.45, 7) is 0. The zero-order chi connectivity index (χ0) is 15.9. The molecule has 0 bridgehead atoms. The Morgan fingerprint density at radius 2 is 1.38 bits per heavy atom. The van der Waals surface area contributed by atoms with E-state index in [1.54, 1.807) is 0 Å². The van der Waals surface area contributed by atoms with Crippen molar-refractivity contribution in [1.29, 1.82) is 0 Å². The van der Waals surface area contributed by atoms with E-state index in [-0.39, 0.29) is 0 Å². The van der Waals surface area contributed by atoms with E-state index < -0.39 is 61.3 Å². The van der Waals surface area contributed by atoms with Gasteiger partial charge < -0.3 is 0 Å². The third-order valence-electron chi connectivity index (χ3n) is 2.10. The highest BCUT2D eigenvalue weighted by molar-refractivity contribution is 8.01. The lowest BCUT2D eigenvalue weighted by atomic mass is 10.1. The van der Waals surface area contributed by atoms with Gasteiger partial charge in [0.2, 0.25) is 11.1 Å². The number of halogens is 8. The van der Waals surface area contributed by atoms with Crippen molar-refractivity contribution in [3.05, 3.63) is 39.9 Å². The molecule has 0 unspecified atom stereocenters. The maximum absolute atomic E-state index is 13.8. The van der Waals surface area contributed by atoms with Gasteiger partial charge in [0, 0.05) is 0 Å². The molecule has 21 heavy (non-hydrogen) atoms. The summed E-state index contributed by atoms with van der Waals surface area (Å²) in [5.41, 5.74) is -2.25. The van der Waals surface area contributed by atoms with Gasteiger partial charge in [0.25, 0.3) is 0 Å². The van der Waals surface area contributed by atoms with Crippen LogP contribution < -0.4 is 0 Å². The van der Waals surface area contributed by atoms with Crippen LogP contribution in [-0.4, -0.2) is 9.36 Å². The Morgan fingerprint density at radius 1 is 0.905 bits per heavy atom. The standard InChI is InChI=1S/C9ClF7N2S2/c10-7-18-8(21-19-7)20-9(16,17)1-2(11)4(13)6(15)5(14)3(1)12. The van der Waals surface area contributed by atoms with Gasteiger partial charge in [-0.15, -0.1) is 0 Å². The summed E-state index contributed by atoms with van der Waals surface area (Å²) < 4.78 is 95.7. The van der Waals surface area contributed by atoms with Gasteiger partial charge in [0.05, 0.1) is 0 Å². The Kier molecular flexibility index (Phi) is 4.36. The summed E-state index contributed by atoms with van der Waals surface area (Å²) in [5, 5.41) is -4.86. The topological polar surface area (TPSA) is 25.8 Å². The fourth-order valence-electron chi connectivity index (χ4n) is 1.26. The lowest BCUT2D eigenvalue weighted by molar-refractivity contribution is 0.0924. The number of rotatable bonds is 3. The van der Waals surface area contributed by atoms with Crippen LogP contribution in [0.2, 0.25) is 5.28 Å². The highest BCUT2D eigenvalue weighted by Crippen LogP contribution is 2.47. The first kappa shape index (κ1) is 16.3. The average Bonchev–Trinajstić information content (AvgIpc) is 2.78. The Hall–Kier alpha value is -1.07. The monoisotopic (exact) mass is 368 g/mol. The van der Waals surface area contributed by atoms with Crippen LogP contribution in [0.4, 0.5) is 30.7 Å². The largest absolute Gasteiger partial charge is 0.331 e. The van der Waals surface area contributed by atoms with E-state index >= 15 is 0 Å². The summed E-state index contributed by atoms with van der Waals surface area (Å²) >= 11 is 5.12. The minimum atomic E-state index is -4.47. The highest BCUT2D eigenvalue weighted by atomic mass is 35.5. The molecule has 12 heteroatoms. The van der Waals surface area contributed by atoms with Gasteiger partial charge in [0.15, 0.2) is 27.6 Å². The maximum atomic E-state index is 13.8. The lowest BCUT2D eigenvalue weighted by Gasteiger charge is -2.16.